The molecule has 0 saturated heterocycles. The highest BCUT2D eigenvalue weighted by molar-refractivity contribution is 5.23. The third-order valence-electron chi connectivity index (χ3n) is 2.26. The highest BCUT2D eigenvalue weighted by Crippen LogP contribution is 2.11. The third kappa shape index (κ3) is 2.51. The second-order valence-electron chi connectivity index (χ2n) is 4.09. The Morgan fingerprint density at radius 3 is 2.00 bits per heavy atom. The molecule has 0 aliphatic rings. The number of hydrogen-bond donors (Lipinski definition) is 1. The van der Waals surface area contributed by atoms with Crippen LogP contribution in [-0.4, -0.2) is 9.97 Å². The lowest BCUT2D eigenvalue weighted by atomic mass is 10.1. The van der Waals surface area contributed by atoms with Crippen LogP contribution in [0.25, 0.3) is 0 Å². The fourth-order valence-corrected chi connectivity index (χ4v) is 1.56. The molecule has 3 heteroatoms. The van der Waals surface area contributed by atoms with E-state index in [4.69, 9.17) is 5.73 Å². The maximum Gasteiger partial charge on any atom is 0.129 e. The molecule has 1 aromatic rings. The van der Waals surface area contributed by atoms with Crippen molar-refractivity contribution in [3.05, 3.63) is 22.8 Å². The van der Waals surface area contributed by atoms with Gasteiger partial charge in [0, 0.05) is 29.9 Å². The van der Waals surface area contributed by atoms with E-state index >= 15 is 0 Å². The maximum atomic E-state index is 5.62. The molecule has 0 radical (unpaired) electrons. The Morgan fingerprint density at radius 1 is 1.14 bits per heavy atom. The van der Waals surface area contributed by atoms with Crippen molar-refractivity contribution in [2.75, 3.05) is 0 Å². The van der Waals surface area contributed by atoms with Gasteiger partial charge in [-0.15, -0.1) is 0 Å². The molecule has 0 saturated carbocycles. The first-order valence-corrected chi connectivity index (χ1v) is 5.07. The minimum atomic E-state index is 0.527. The first kappa shape index (κ1) is 11.1. The van der Waals surface area contributed by atoms with E-state index in [1.807, 2.05) is 13.8 Å². The molecule has 14 heavy (non-hydrogen) atoms. The number of nitrogens with zero attached hydrogens (tertiary/aromatic N) is 2. The number of rotatable bonds is 3. The van der Waals surface area contributed by atoms with Crippen LogP contribution in [0.2, 0.25) is 0 Å². The Labute approximate surface area is 85.8 Å². The van der Waals surface area contributed by atoms with Crippen molar-refractivity contribution >= 4 is 0 Å². The van der Waals surface area contributed by atoms with Gasteiger partial charge in [-0.25, -0.2) is 9.97 Å². The average molecular weight is 193 g/mol. The van der Waals surface area contributed by atoms with Crippen molar-refractivity contribution in [3.8, 4) is 0 Å². The normalized spacial score (nSPS) is 11.0. The molecule has 0 spiro atoms. The Kier molecular flexibility index (Phi) is 3.58. The summed E-state index contributed by atoms with van der Waals surface area (Å²) in [6.07, 6.45) is 0.937. The van der Waals surface area contributed by atoms with Crippen molar-refractivity contribution in [1.29, 1.82) is 0 Å². The minimum absolute atomic E-state index is 0.527. The molecule has 0 aromatic carbocycles. The molecule has 78 valence electrons. The lowest BCUT2D eigenvalue weighted by Crippen LogP contribution is -2.10. The zero-order valence-corrected chi connectivity index (χ0v) is 9.46. The zero-order chi connectivity index (χ0) is 10.7. The molecular weight excluding hydrogens is 174 g/mol. The summed E-state index contributed by atoms with van der Waals surface area (Å²) in [6, 6.07) is 0. The Morgan fingerprint density at radius 2 is 1.64 bits per heavy atom. The maximum absolute atomic E-state index is 5.62. The summed E-state index contributed by atoms with van der Waals surface area (Å²) < 4.78 is 0. The summed E-state index contributed by atoms with van der Waals surface area (Å²) in [5.41, 5.74) is 8.75. The van der Waals surface area contributed by atoms with Crippen molar-refractivity contribution < 1.29 is 0 Å². The van der Waals surface area contributed by atoms with Gasteiger partial charge >= 0.3 is 0 Å². The third-order valence-corrected chi connectivity index (χ3v) is 2.26. The van der Waals surface area contributed by atoms with Crippen LogP contribution in [0.3, 0.4) is 0 Å². The quantitative estimate of drug-likeness (QED) is 0.795. The van der Waals surface area contributed by atoms with Crippen LogP contribution in [-0.2, 0) is 13.0 Å². The molecule has 2 N–H and O–H groups in total. The van der Waals surface area contributed by atoms with Crippen molar-refractivity contribution in [3.63, 3.8) is 0 Å². The van der Waals surface area contributed by atoms with Gasteiger partial charge in [-0.2, -0.15) is 0 Å². The van der Waals surface area contributed by atoms with Crippen LogP contribution in [0.15, 0.2) is 0 Å². The van der Waals surface area contributed by atoms with Gasteiger partial charge in [0.1, 0.15) is 5.82 Å². The summed E-state index contributed by atoms with van der Waals surface area (Å²) >= 11 is 0. The smallest absolute Gasteiger partial charge is 0.129 e. The molecule has 0 fully saturated rings. The van der Waals surface area contributed by atoms with Gasteiger partial charge in [0.05, 0.1) is 0 Å². The van der Waals surface area contributed by atoms with Crippen LogP contribution < -0.4 is 5.73 Å². The van der Waals surface area contributed by atoms with E-state index in [0.717, 1.165) is 29.2 Å². The topological polar surface area (TPSA) is 51.8 Å². The standard InChI is InChI=1S/C11H19N3/c1-7(2)5-11-13-8(3)10(6-12)9(4)14-11/h7H,5-6,12H2,1-4H3. The van der Waals surface area contributed by atoms with Gasteiger partial charge in [-0.1, -0.05) is 13.8 Å². The fraction of sp³-hybridized carbons (Fsp3) is 0.636. The number of aromatic nitrogens is 2. The molecule has 0 bridgehead atoms. The Bertz CT molecular complexity index is 295. The molecule has 0 amide bonds. The van der Waals surface area contributed by atoms with Gasteiger partial charge in [0.15, 0.2) is 0 Å². The molecule has 0 aliphatic heterocycles. The molecule has 1 rings (SSSR count). The molecule has 0 aliphatic carbocycles. The van der Waals surface area contributed by atoms with Gasteiger partial charge in [-0.3, -0.25) is 0 Å². The van der Waals surface area contributed by atoms with E-state index in [1.165, 1.54) is 0 Å². The minimum Gasteiger partial charge on any atom is -0.326 e. The van der Waals surface area contributed by atoms with Crippen molar-refractivity contribution in [1.82, 2.24) is 9.97 Å². The van der Waals surface area contributed by atoms with Gasteiger partial charge in [0.2, 0.25) is 0 Å². The van der Waals surface area contributed by atoms with E-state index in [2.05, 4.69) is 23.8 Å². The van der Waals surface area contributed by atoms with Gasteiger partial charge in [-0.05, 0) is 19.8 Å². The molecule has 0 atom stereocenters. The molecule has 0 unspecified atom stereocenters. The first-order valence-electron chi connectivity index (χ1n) is 5.07. The number of nitrogens with two attached hydrogens (primary N) is 1. The highest BCUT2D eigenvalue weighted by Gasteiger charge is 2.07. The number of aryl methyl sites for hydroxylation is 2. The Balaban J connectivity index is 3.01. The Hall–Kier alpha value is -0.960. The second-order valence-corrected chi connectivity index (χ2v) is 4.09. The first-order chi connectivity index (χ1) is 6.54. The number of hydrogen-bond acceptors (Lipinski definition) is 3. The summed E-state index contributed by atoms with van der Waals surface area (Å²) in [5.74, 6) is 1.53. The molecular formula is C11H19N3. The van der Waals surface area contributed by atoms with E-state index < -0.39 is 0 Å². The predicted octanol–water partition coefficient (Wildman–Crippen LogP) is 1.75. The molecule has 1 aromatic heterocycles. The van der Waals surface area contributed by atoms with Crippen LogP contribution in [0.5, 0.6) is 0 Å². The van der Waals surface area contributed by atoms with Crippen LogP contribution in [0.1, 0.15) is 36.6 Å². The molecule has 1 heterocycles. The monoisotopic (exact) mass is 193 g/mol. The average Bonchev–Trinajstić information content (AvgIpc) is 2.01. The van der Waals surface area contributed by atoms with Crippen LogP contribution in [0.4, 0.5) is 0 Å². The van der Waals surface area contributed by atoms with E-state index in [-0.39, 0.29) is 0 Å². The van der Waals surface area contributed by atoms with E-state index in [9.17, 15) is 0 Å². The van der Waals surface area contributed by atoms with E-state index in [0.29, 0.717) is 12.5 Å². The summed E-state index contributed by atoms with van der Waals surface area (Å²) in [7, 11) is 0. The lowest BCUT2D eigenvalue weighted by molar-refractivity contribution is 0.615. The SMILES string of the molecule is Cc1nc(CC(C)C)nc(C)c1CN. The molecule has 3 nitrogen and oxygen atoms in total. The van der Waals surface area contributed by atoms with Crippen molar-refractivity contribution in [2.45, 2.75) is 40.7 Å². The lowest BCUT2D eigenvalue weighted by Gasteiger charge is -2.10. The predicted molar refractivity (Wildman–Crippen MR) is 57.9 cm³/mol. The van der Waals surface area contributed by atoms with Crippen molar-refractivity contribution in [2.24, 2.45) is 11.7 Å². The largest absolute Gasteiger partial charge is 0.326 e. The highest BCUT2D eigenvalue weighted by atomic mass is 14.9. The van der Waals surface area contributed by atoms with Gasteiger partial charge < -0.3 is 5.73 Å². The van der Waals surface area contributed by atoms with Gasteiger partial charge in [0.25, 0.3) is 0 Å². The summed E-state index contributed by atoms with van der Waals surface area (Å²) in [4.78, 5) is 8.91. The second kappa shape index (κ2) is 4.51. The summed E-state index contributed by atoms with van der Waals surface area (Å²) in [5, 5.41) is 0. The summed E-state index contributed by atoms with van der Waals surface area (Å²) in [6.45, 7) is 8.87. The fourth-order valence-electron chi connectivity index (χ4n) is 1.56. The van der Waals surface area contributed by atoms with E-state index in [1.54, 1.807) is 0 Å². The van der Waals surface area contributed by atoms with Crippen LogP contribution in [0, 0.1) is 19.8 Å². The zero-order valence-electron chi connectivity index (χ0n) is 9.46. The van der Waals surface area contributed by atoms with Crippen LogP contribution >= 0.6 is 0 Å².